The maximum Gasteiger partial charge on any atom is 0.179 e. The van der Waals surface area contributed by atoms with Crippen molar-refractivity contribution < 1.29 is 14.3 Å². The molecule has 4 heteroatoms. The van der Waals surface area contributed by atoms with Crippen LogP contribution in [-0.2, 0) is 4.79 Å². The Balaban J connectivity index is 2.40. The molecule has 0 aliphatic carbocycles. The van der Waals surface area contributed by atoms with Crippen molar-refractivity contribution in [1.29, 1.82) is 0 Å². The Labute approximate surface area is 111 Å². The molecule has 0 aromatic heterocycles. The molecule has 96 valence electrons. The molecule has 3 nitrogen and oxygen atoms in total. The van der Waals surface area contributed by atoms with Gasteiger partial charge in [-0.15, -0.1) is 0 Å². The van der Waals surface area contributed by atoms with Crippen LogP contribution in [0.5, 0.6) is 11.5 Å². The molecule has 0 unspecified atom stereocenters. The topological polar surface area (TPSA) is 35.5 Å². The summed E-state index contributed by atoms with van der Waals surface area (Å²) in [5, 5.41) is 0.516. The number of carbonyl (C=O) groups excluding carboxylic acids is 1. The predicted molar refractivity (Wildman–Crippen MR) is 71.4 cm³/mol. The number of aldehydes is 1. The van der Waals surface area contributed by atoms with Crippen LogP contribution in [0, 0.1) is 0 Å². The molecule has 0 saturated heterocycles. The van der Waals surface area contributed by atoms with Gasteiger partial charge in [-0.25, -0.2) is 0 Å². The summed E-state index contributed by atoms with van der Waals surface area (Å²) in [5.41, 5.74) is 1.58. The van der Waals surface area contributed by atoms with E-state index in [9.17, 15) is 4.79 Å². The first-order valence-corrected chi connectivity index (χ1v) is 6.37. The fraction of sp³-hybridized carbons (Fsp3) is 0.357. The van der Waals surface area contributed by atoms with Crippen molar-refractivity contribution in [2.45, 2.75) is 19.8 Å². The predicted octanol–water partition coefficient (Wildman–Crippen LogP) is 3.49. The molecule has 0 atom stereocenters. The minimum absolute atomic E-state index is 0.516. The lowest BCUT2D eigenvalue weighted by Gasteiger charge is -2.10. The molecule has 1 aliphatic rings. The van der Waals surface area contributed by atoms with Crippen LogP contribution < -0.4 is 9.47 Å². The van der Waals surface area contributed by atoms with Gasteiger partial charge in [-0.2, -0.15) is 0 Å². The van der Waals surface area contributed by atoms with Gasteiger partial charge in [-0.3, -0.25) is 4.79 Å². The van der Waals surface area contributed by atoms with Crippen LogP contribution in [0.15, 0.2) is 17.7 Å². The summed E-state index contributed by atoms with van der Waals surface area (Å²) >= 11 is 6.17. The van der Waals surface area contributed by atoms with E-state index in [0.29, 0.717) is 36.2 Å². The van der Waals surface area contributed by atoms with Crippen LogP contribution >= 0.6 is 11.6 Å². The molecule has 18 heavy (non-hydrogen) atoms. The van der Waals surface area contributed by atoms with Crippen molar-refractivity contribution in [2.75, 3.05) is 13.2 Å². The molecule has 1 aliphatic heterocycles. The summed E-state index contributed by atoms with van der Waals surface area (Å²) < 4.78 is 11.1. The van der Waals surface area contributed by atoms with Crippen LogP contribution in [0.25, 0.3) is 6.08 Å². The summed E-state index contributed by atoms with van der Waals surface area (Å²) in [6.45, 7) is 3.16. The zero-order valence-corrected chi connectivity index (χ0v) is 11.0. The molecule has 2 rings (SSSR count). The lowest BCUT2D eigenvalue weighted by atomic mass is 10.1. The van der Waals surface area contributed by atoms with Gasteiger partial charge in [0.15, 0.2) is 11.5 Å². The Morgan fingerprint density at radius 1 is 1.39 bits per heavy atom. The number of hydrogen-bond donors (Lipinski definition) is 0. The second-order valence-corrected chi connectivity index (χ2v) is 4.48. The van der Waals surface area contributed by atoms with E-state index in [1.807, 2.05) is 19.1 Å². The molecule has 1 heterocycles. The largest absolute Gasteiger partial charge is 0.489 e. The minimum Gasteiger partial charge on any atom is -0.489 e. The van der Waals surface area contributed by atoms with Gasteiger partial charge in [-0.1, -0.05) is 18.5 Å². The van der Waals surface area contributed by atoms with Crippen LogP contribution in [-0.4, -0.2) is 19.5 Å². The summed E-state index contributed by atoms with van der Waals surface area (Å²) in [4.78, 5) is 10.8. The SMILES string of the molecule is CCC(C=O)=Cc1cc(Cl)c2c(c1)OCCCO2. The number of ether oxygens (including phenoxy) is 2. The maximum absolute atomic E-state index is 10.8. The standard InChI is InChI=1S/C14H15ClO3/c1-2-10(9-16)6-11-7-12(15)14-13(8-11)17-4-3-5-18-14/h6-9H,2-5H2,1H3. The van der Waals surface area contributed by atoms with Gasteiger partial charge >= 0.3 is 0 Å². The smallest absolute Gasteiger partial charge is 0.179 e. The molecular weight excluding hydrogens is 252 g/mol. The highest BCUT2D eigenvalue weighted by molar-refractivity contribution is 6.32. The molecular formula is C14H15ClO3. The van der Waals surface area contributed by atoms with Crippen LogP contribution in [0.2, 0.25) is 5.02 Å². The highest BCUT2D eigenvalue weighted by Gasteiger charge is 2.15. The highest BCUT2D eigenvalue weighted by Crippen LogP contribution is 2.38. The van der Waals surface area contributed by atoms with E-state index in [2.05, 4.69) is 0 Å². The number of fused-ring (bicyclic) bond motifs is 1. The lowest BCUT2D eigenvalue weighted by molar-refractivity contribution is -0.104. The Kier molecular flexibility index (Phi) is 4.26. The number of hydrogen-bond acceptors (Lipinski definition) is 3. The summed E-state index contributed by atoms with van der Waals surface area (Å²) in [5.74, 6) is 1.24. The zero-order valence-electron chi connectivity index (χ0n) is 10.2. The number of allylic oxidation sites excluding steroid dienone is 1. The zero-order chi connectivity index (χ0) is 13.0. The lowest BCUT2D eigenvalue weighted by Crippen LogP contribution is -1.97. The Hall–Kier alpha value is -1.48. The van der Waals surface area contributed by atoms with Crippen LogP contribution in [0.3, 0.4) is 0 Å². The first kappa shape index (κ1) is 13.0. The van der Waals surface area contributed by atoms with Gasteiger partial charge in [0.25, 0.3) is 0 Å². The van der Waals surface area contributed by atoms with Crippen LogP contribution in [0.4, 0.5) is 0 Å². The molecule has 0 fully saturated rings. The molecule has 0 bridgehead atoms. The van der Waals surface area contributed by atoms with E-state index >= 15 is 0 Å². The molecule has 0 amide bonds. The minimum atomic E-state index is 0.516. The van der Waals surface area contributed by atoms with E-state index in [-0.39, 0.29) is 0 Å². The number of halogens is 1. The first-order chi connectivity index (χ1) is 8.74. The van der Waals surface area contributed by atoms with Gasteiger partial charge < -0.3 is 9.47 Å². The number of benzene rings is 1. The molecule has 0 N–H and O–H groups in total. The van der Waals surface area contributed by atoms with E-state index in [1.54, 1.807) is 6.07 Å². The van der Waals surface area contributed by atoms with Gasteiger partial charge in [0.1, 0.15) is 6.29 Å². The fourth-order valence-corrected chi connectivity index (χ4v) is 2.04. The van der Waals surface area contributed by atoms with Crippen molar-refractivity contribution in [1.82, 2.24) is 0 Å². The number of rotatable bonds is 3. The molecule has 0 saturated carbocycles. The third kappa shape index (κ3) is 2.85. The second kappa shape index (κ2) is 5.91. The van der Waals surface area contributed by atoms with Crippen molar-refractivity contribution in [3.8, 4) is 11.5 Å². The number of carbonyl (C=O) groups is 1. The van der Waals surface area contributed by atoms with Crippen molar-refractivity contribution >= 4 is 24.0 Å². The van der Waals surface area contributed by atoms with E-state index in [0.717, 1.165) is 23.8 Å². The summed E-state index contributed by atoms with van der Waals surface area (Å²) in [6, 6.07) is 3.64. The highest BCUT2D eigenvalue weighted by atomic mass is 35.5. The molecule has 1 aromatic rings. The van der Waals surface area contributed by atoms with Crippen molar-refractivity contribution in [3.05, 3.63) is 28.3 Å². The Bertz CT molecular complexity index is 480. The fourth-order valence-electron chi connectivity index (χ4n) is 1.77. The third-order valence-electron chi connectivity index (χ3n) is 2.74. The van der Waals surface area contributed by atoms with E-state index in [4.69, 9.17) is 21.1 Å². The Morgan fingerprint density at radius 2 is 2.17 bits per heavy atom. The van der Waals surface area contributed by atoms with Gasteiger partial charge in [0, 0.05) is 6.42 Å². The second-order valence-electron chi connectivity index (χ2n) is 4.07. The van der Waals surface area contributed by atoms with Crippen LogP contribution in [0.1, 0.15) is 25.3 Å². The Morgan fingerprint density at radius 3 is 2.89 bits per heavy atom. The van der Waals surface area contributed by atoms with Gasteiger partial charge in [0.05, 0.1) is 18.2 Å². The average molecular weight is 267 g/mol. The molecule has 1 aromatic carbocycles. The van der Waals surface area contributed by atoms with E-state index < -0.39 is 0 Å². The monoisotopic (exact) mass is 266 g/mol. The van der Waals surface area contributed by atoms with Crippen molar-refractivity contribution in [3.63, 3.8) is 0 Å². The third-order valence-corrected chi connectivity index (χ3v) is 3.02. The summed E-state index contributed by atoms with van der Waals surface area (Å²) in [6.07, 6.45) is 4.20. The van der Waals surface area contributed by atoms with Gasteiger partial charge in [0.2, 0.25) is 0 Å². The van der Waals surface area contributed by atoms with Crippen molar-refractivity contribution in [2.24, 2.45) is 0 Å². The normalized spacial score (nSPS) is 15.1. The average Bonchev–Trinajstić information content (AvgIpc) is 2.61. The quantitative estimate of drug-likeness (QED) is 0.621. The maximum atomic E-state index is 10.8. The van der Waals surface area contributed by atoms with E-state index in [1.165, 1.54) is 0 Å². The summed E-state index contributed by atoms with van der Waals surface area (Å²) in [7, 11) is 0. The van der Waals surface area contributed by atoms with Gasteiger partial charge in [-0.05, 0) is 35.8 Å². The molecule has 0 radical (unpaired) electrons. The first-order valence-electron chi connectivity index (χ1n) is 5.99. The molecule has 0 spiro atoms.